The molecule has 0 aliphatic carbocycles. The number of rotatable bonds is 8. The van der Waals surface area contributed by atoms with Crippen molar-refractivity contribution in [3.8, 4) is 0 Å². The van der Waals surface area contributed by atoms with Crippen LogP contribution in [0.25, 0.3) is 0 Å². The van der Waals surface area contributed by atoms with Crippen molar-refractivity contribution < 1.29 is 22.4 Å². The lowest BCUT2D eigenvalue weighted by molar-refractivity contribution is 0.0901. The molecule has 0 unspecified atom stereocenters. The van der Waals surface area contributed by atoms with E-state index in [0.717, 1.165) is 23.8 Å². The van der Waals surface area contributed by atoms with Crippen LogP contribution in [-0.4, -0.2) is 44.0 Å². The molecule has 0 radical (unpaired) electrons. The van der Waals surface area contributed by atoms with Gasteiger partial charge in [0.2, 0.25) is 10.0 Å². The van der Waals surface area contributed by atoms with E-state index in [9.17, 15) is 22.4 Å². The van der Waals surface area contributed by atoms with Gasteiger partial charge < -0.3 is 5.32 Å². The van der Waals surface area contributed by atoms with Gasteiger partial charge in [0.15, 0.2) is 5.78 Å². The van der Waals surface area contributed by atoms with Gasteiger partial charge >= 0.3 is 0 Å². The molecule has 0 spiro atoms. The number of ketones is 1. The number of nitrogens with zero attached hydrogens (tertiary/aromatic N) is 1. The first-order chi connectivity index (χ1) is 13.2. The molecule has 0 saturated carbocycles. The molecule has 8 heteroatoms. The highest BCUT2D eigenvalue weighted by Gasteiger charge is 2.24. The van der Waals surface area contributed by atoms with Crippen LogP contribution in [0.4, 0.5) is 4.39 Å². The average molecular weight is 406 g/mol. The van der Waals surface area contributed by atoms with Gasteiger partial charge in [-0.2, -0.15) is 4.31 Å². The van der Waals surface area contributed by atoms with E-state index in [-0.39, 0.29) is 30.3 Å². The first-order valence-electron chi connectivity index (χ1n) is 8.88. The summed E-state index contributed by atoms with van der Waals surface area (Å²) in [4.78, 5) is 24.3. The number of carbonyl (C=O) groups excluding carboxylic acids is 2. The molecule has 0 bridgehead atoms. The molecule has 0 aliphatic rings. The number of benzene rings is 2. The van der Waals surface area contributed by atoms with E-state index in [1.165, 1.54) is 4.31 Å². The summed E-state index contributed by atoms with van der Waals surface area (Å²) < 4.78 is 40.5. The highest BCUT2D eigenvalue weighted by atomic mass is 32.2. The zero-order chi connectivity index (χ0) is 20.9. The third kappa shape index (κ3) is 4.82. The summed E-state index contributed by atoms with van der Waals surface area (Å²) in [7, 11) is -3.83. The van der Waals surface area contributed by atoms with Crippen LogP contribution in [0.2, 0.25) is 0 Å². The second kappa shape index (κ2) is 9.07. The molecular weight excluding hydrogens is 383 g/mol. The van der Waals surface area contributed by atoms with Gasteiger partial charge in [-0.25, -0.2) is 12.8 Å². The largest absolute Gasteiger partial charge is 0.344 e. The van der Waals surface area contributed by atoms with Crippen molar-refractivity contribution in [3.05, 3.63) is 65.0 Å². The SMILES string of the molecule is CCN(CC)S(=O)(=O)c1ccc(F)c(C(=O)NCC(=O)c2ccc(C)cc2)c1. The van der Waals surface area contributed by atoms with Gasteiger partial charge in [-0.15, -0.1) is 0 Å². The fraction of sp³-hybridized carbons (Fsp3) is 0.300. The highest BCUT2D eigenvalue weighted by molar-refractivity contribution is 7.89. The number of carbonyl (C=O) groups is 2. The minimum atomic E-state index is -3.83. The van der Waals surface area contributed by atoms with Gasteiger partial charge in [0.25, 0.3) is 5.91 Å². The van der Waals surface area contributed by atoms with E-state index in [2.05, 4.69) is 5.32 Å². The predicted molar refractivity (Wildman–Crippen MR) is 104 cm³/mol. The molecule has 1 amide bonds. The summed E-state index contributed by atoms with van der Waals surface area (Å²) in [6, 6.07) is 9.88. The quantitative estimate of drug-likeness (QED) is 0.684. The molecule has 0 atom stereocenters. The van der Waals surface area contributed by atoms with Crippen LogP contribution < -0.4 is 5.32 Å². The van der Waals surface area contributed by atoms with Crippen molar-refractivity contribution in [2.75, 3.05) is 19.6 Å². The van der Waals surface area contributed by atoms with Crippen LogP contribution in [-0.2, 0) is 10.0 Å². The number of hydrogen-bond acceptors (Lipinski definition) is 4. The summed E-state index contributed by atoms with van der Waals surface area (Å²) in [6.45, 7) is 5.45. The van der Waals surface area contributed by atoms with Crippen LogP contribution in [0.3, 0.4) is 0 Å². The van der Waals surface area contributed by atoms with Gasteiger partial charge in [-0.05, 0) is 25.1 Å². The van der Waals surface area contributed by atoms with E-state index in [1.54, 1.807) is 38.1 Å². The van der Waals surface area contributed by atoms with Crippen LogP contribution in [0, 0.1) is 12.7 Å². The molecule has 2 aromatic carbocycles. The maximum Gasteiger partial charge on any atom is 0.254 e. The van der Waals surface area contributed by atoms with Gasteiger partial charge in [-0.1, -0.05) is 43.7 Å². The highest BCUT2D eigenvalue weighted by Crippen LogP contribution is 2.19. The zero-order valence-electron chi connectivity index (χ0n) is 16.0. The van der Waals surface area contributed by atoms with Gasteiger partial charge in [0.05, 0.1) is 17.0 Å². The van der Waals surface area contributed by atoms with Crippen molar-refractivity contribution in [1.29, 1.82) is 0 Å². The molecule has 0 saturated heterocycles. The average Bonchev–Trinajstić information content (AvgIpc) is 2.67. The van der Waals surface area contributed by atoms with Crippen molar-refractivity contribution >= 4 is 21.7 Å². The van der Waals surface area contributed by atoms with E-state index in [0.29, 0.717) is 5.56 Å². The zero-order valence-corrected chi connectivity index (χ0v) is 16.8. The fourth-order valence-electron chi connectivity index (χ4n) is 2.65. The fourth-order valence-corrected chi connectivity index (χ4v) is 4.13. The molecule has 150 valence electrons. The monoisotopic (exact) mass is 406 g/mol. The van der Waals surface area contributed by atoms with Crippen molar-refractivity contribution in [2.45, 2.75) is 25.7 Å². The van der Waals surface area contributed by atoms with Crippen LogP contribution in [0.15, 0.2) is 47.4 Å². The molecule has 6 nitrogen and oxygen atoms in total. The lowest BCUT2D eigenvalue weighted by atomic mass is 10.1. The molecule has 28 heavy (non-hydrogen) atoms. The van der Waals surface area contributed by atoms with E-state index in [1.807, 2.05) is 6.92 Å². The van der Waals surface area contributed by atoms with Gasteiger partial charge in [0, 0.05) is 18.7 Å². The van der Waals surface area contributed by atoms with Gasteiger partial charge in [0.1, 0.15) is 5.82 Å². The molecule has 2 rings (SSSR count). The maximum absolute atomic E-state index is 14.1. The molecule has 0 heterocycles. The molecule has 0 aromatic heterocycles. The summed E-state index contributed by atoms with van der Waals surface area (Å²) >= 11 is 0. The molecule has 1 N–H and O–H groups in total. The number of halogens is 1. The standard InChI is InChI=1S/C20H23FN2O4S/c1-4-23(5-2)28(26,27)16-10-11-18(21)17(12-16)20(25)22-13-19(24)15-8-6-14(3)7-9-15/h6-12H,4-5,13H2,1-3H3,(H,22,25). The Morgan fingerprint density at radius 1 is 1.04 bits per heavy atom. The number of hydrogen-bond donors (Lipinski definition) is 1. The summed E-state index contributed by atoms with van der Waals surface area (Å²) in [5.41, 5.74) is 0.989. The number of Topliss-reactive ketones (excluding diaryl/α,β-unsaturated/α-hetero) is 1. The Bertz CT molecular complexity index is 968. The van der Waals surface area contributed by atoms with E-state index in [4.69, 9.17) is 0 Å². The predicted octanol–water partition coefficient (Wildman–Crippen LogP) is 2.78. The topological polar surface area (TPSA) is 83.6 Å². The third-order valence-electron chi connectivity index (χ3n) is 4.31. The minimum absolute atomic E-state index is 0.174. The molecule has 0 fully saturated rings. The first-order valence-corrected chi connectivity index (χ1v) is 10.3. The maximum atomic E-state index is 14.1. The summed E-state index contributed by atoms with van der Waals surface area (Å²) in [6.07, 6.45) is 0. The molecule has 2 aromatic rings. The Hall–Kier alpha value is -2.58. The van der Waals surface area contributed by atoms with Crippen LogP contribution >= 0.6 is 0 Å². The Kier molecular flexibility index (Phi) is 7.04. The second-order valence-corrected chi connectivity index (χ2v) is 8.14. The van der Waals surface area contributed by atoms with Crippen LogP contribution in [0.5, 0.6) is 0 Å². The van der Waals surface area contributed by atoms with Gasteiger partial charge in [-0.3, -0.25) is 9.59 Å². The number of amides is 1. The Balaban J connectivity index is 2.19. The lowest BCUT2D eigenvalue weighted by Crippen LogP contribution is -2.32. The Morgan fingerprint density at radius 3 is 2.21 bits per heavy atom. The number of aryl methyl sites for hydroxylation is 1. The van der Waals surface area contributed by atoms with E-state index >= 15 is 0 Å². The van der Waals surface area contributed by atoms with Crippen molar-refractivity contribution in [2.24, 2.45) is 0 Å². The summed E-state index contributed by atoms with van der Waals surface area (Å²) in [5.74, 6) is -2.05. The minimum Gasteiger partial charge on any atom is -0.344 e. The smallest absolute Gasteiger partial charge is 0.254 e. The molecule has 0 aliphatic heterocycles. The molecular formula is C20H23FN2O4S. The number of nitrogens with one attached hydrogen (secondary N) is 1. The Morgan fingerprint density at radius 2 is 1.64 bits per heavy atom. The number of sulfonamides is 1. The lowest BCUT2D eigenvalue weighted by Gasteiger charge is -2.18. The summed E-state index contributed by atoms with van der Waals surface area (Å²) in [5, 5.41) is 2.35. The Labute approximate surface area is 164 Å². The van der Waals surface area contributed by atoms with E-state index < -0.39 is 27.3 Å². The van der Waals surface area contributed by atoms with Crippen molar-refractivity contribution in [3.63, 3.8) is 0 Å². The second-order valence-electron chi connectivity index (χ2n) is 6.20. The third-order valence-corrected chi connectivity index (χ3v) is 6.35. The van der Waals surface area contributed by atoms with Crippen LogP contribution in [0.1, 0.15) is 40.1 Å². The van der Waals surface area contributed by atoms with Crippen molar-refractivity contribution in [1.82, 2.24) is 9.62 Å². The first kappa shape index (κ1) is 21.7. The normalized spacial score (nSPS) is 11.5.